The molecular formula is C10H15N. The zero-order valence-corrected chi connectivity index (χ0v) is 7.06. The Balaban J connectivity index is 2.94. The second-order valence-corrected chi connectivity index (χ2v) is 2.81. The molecule has 0 bridgehead atoms. The smallest absolute Gasteiger partial charge is 0.0294 e. The molecule has 0 radical (unpaired) electrons. The normalized spacial score (nSPS) is 25.0. The summed E-state index contributed by atoms with van der Waals surface area (Å²) in [4.78, 5) is 0. The number of rotatable bonds is 2. The van der Waals surface area contributed by atoms with E-state index in [1.54, 1.807) is 0 Å². The van der Waals surface area contributed by atoms with Gasteiger partial charge in [0.25, 0.3) is 0 Å². The second-order valence-electron chi connectivity index (χ2n) is 2.81. The SMILES string of the molecule is C=CC1=C(C=C)C(C)NCC1. The van der Waals surface area contributed by atoms with Crippen molar-refractivity contribution in [1.29, 1.82) is 0 Å². The Labute approximate surface area is 68.5 Å². The van der Waals surface area contributed by atoms with Crippen LogP contribution in [0, 0.1) is 0 Å². The highest BCUT2D eigenvalue weighted by Gasteiger charge is 2.13. The van der Waals surface area contributed by atoms with Crippen LogP contribution < -0.4 is 5.32 Å². The van der Waals surface area contributed by atoms with Gasteiger partial charge in [-0.1, -0.05) is 25.3 Å². The summed E-state index contributed by atoms with van der Waals surface area (Å²) < 4.78 is 0. The largest absolute Gasteiger partial charge is 0.310 e. The highest BCUT2D eigenvalue weighted by Crippen LogP contribution is 2.18. The molecule has 0 aliphatic carbocycles. The molecule has 0 aromatic carbocycles. The molecule has 0 amide bonds. The maximum Gasteiger partial charge on any atom is 0.0294 e. The topological polar surface area (TPSA) is 12.0 Å². The molecule has 1 aliphatic rings. The lowest BCUT2D eigenvalue weighted by Gasteiger charge is -2.23. The van der Waals surface area contributed by atoms with E-state index >= 15 is 0 Å². The minimum atomic E-state index is 0.439. The quantitative estimate of drug-likeness (QED) is 0.633. The minimum absolute atomic E-state index is 0.439. The van der Waals surface area contributed by atoms with Crippen molar-refractivity contribution < 1.29 is 0 Å². The standard InChI is InChI=1S/C10H15N/c1-4-9-6-7-11-8(3)10(9)5-2/h4-5,8,11H,1-2,6-7H2,3H3. The van der Waals surface area contributed by atoms with E-state index < -0.39 is 0 Å². The maximum atomic E-state index is 3.79. The Hall–Kier alpha value is -0.820. The van der Waals surface area contributed by atoms with Gasteiger partial charge in [-0.3, -0.25) is 0 Å². The van der Waals surface area contributed by atoms with Gasteiger partial charge in [0.05, 0.1) is 0 Å². The van der Waals surface area contributed by atoms with Crippen molar-refractivity contribution in [3.63, 3.8) is 0 Å². The Morgan fingerprint density at radius 2 is 2.18 bits per heavy atom. The van der Waals surface area contributed by atoms with Crippen LogP contribution in [0.4, 0.5) is 0 Å². The third-order valence-corrected chi connectivity index (χ3v) is 2.15. The summed E-state index contributed by atoms with van der Waals surface area (Å²) in [5.74, 6) is 0. The minimum Gasteiger partial charge on any atom is -0.310 e. The molecule has 1 N–H and O–H groups in total. The third-order valence-electron chi connectivity index (χ3n) is 2.15. The Morgan fingerprint density at radius 3 is 2.64 bits per heavy atom. The maximum absolute atomic E-state index is 3.79. The van der Waals surface area contributed by atoms with E-state index in [1.807, 2.05) is 12.2 Å². The van der Waals surface area contributed by atoms with Crippen LogP contribution in [0.1, 0.15) is 13.3 Å². The third kappa shape index (κ3) is 1.60. The van der Waals surface area contributed by atoms with Gasteiger partial charge in [0.2, 0.25) is 0 Å². The Kier molecular flexibility index (Phi) is 2.66. The molecule has 1 heterocycles. The predicted octanol–water partition coefficient (Wildman–Crippen LogP) is 2.04. The number of allylic oxidation sites excluding steroid dienone is 1. The van der Waals surface area contributed by atoms with Crippen molar-refractivity contribution >= 4 is 0 Å². The average Bonchev–Trinajstić information content (AvgIpc) is 2.04. The zero-order valence-electron chi connectivity index (χ0n) is 7.06. The summed E-state index contributed by atoms with van der Waals surface area (Å²) in [6.07, 6.45) is 4.94. The van der Waals surface area contributed by atoms with Crippen molar-refractivity contribution in [3.05, 3.63) is 36.5 Å². The van der Waals surface area contributed by atoms with Gasteiger partial charge in [-0.15, -0.1) is 0 Å². The summed E-state index contributed by atoms with van der Waals surface area (Å²) >= 11 is 0. The van der Waals surface area contributed by atoms with Crippen molar-refractivity contribution in [1.82, 2.24) is 5.32 Å². The molecule has 1 rings (SSSR count). The van der Waals surface area contributed by atoms with E-state index in [-0.39, 0.29) is 0 Å². The fraction of sp³-hybridized carbons (Fsp3) is 0.400. The fourth-order valence-electron chi connectivity index (χ4n) is 1.48. The lowest BCUT2D eigenvalue weighted by atomic mass is 9.95. The van der Waals surface area contributed by atoms with Crippen LogP contribution in [0.3, 0.4) is 0 Å². The lowest BCUT2D eigenvalue weighted by molar-refractivity contribution is 0.583. The first kappa shape index (κ1) is 8.28. The molecule has 0 saturated heterocycles. The van der Waals surface area contributed by atoms with E-state index in [0.29, 0.717) is 6.04 Å². The fourth-order valence-corrected chi connectivity index (χ4v) is 1.48. The van der Waals surface area contributed by atoms with Gasteiger partial charge >= 0.3 is 0 Å². The summed E-state index contributed by atoms with van der Waals surface area (Å²) in [6, 6.07) is 0.439. The molecular weight excluding hydrogens is 134 g/mol. The Morgan fingerprint density at radius 1 is 1.45 bits per heavy atom. The average molecular weight is 149 g/mol. The van der Waals surface area contributed by atoms with Crippen molar-refractivity contribution in [2.75, 3.05) is 6.54 Å². The second kappa shape index (κ2) is 3.54. The van der Waals surface area contributed by atoms with E-state index in [0.717, 1.165) is 13.0 Å². The molecule has 0 aromatic heterocycles. The van der Waals surface area contributed by atoms with Gasteiger partial charge < -0.3 is 5.32 Å². The van der Waals surface area contributed by atoms with Gasteiger partial charge in [-0.25, -0.2) is 0 Å². The number of nitrogens with one attached hydrogen (secondary N) is 1. The van der Waals surface area contributed by atoms with Crippen LogP contribution >= 0.6 is 0 Å². The van der Waals surface area contributed by atoms with E-state index in [1.165, 1.54) is 11.1 Å². The number of hydrogen-bond acceptors (Lipinski definition) is 1. The highest BCUT2D eigenvalue weighted by atomic mass is 14.9. The van der Waals surface area contributed by atoms with Crippen molar-refractivity contribution in [2.24, 2.45) is 0 Å². The van der Waals surface area contributed by atoms with Gasteiger partial charge in [0, 0.05) is 6.04 Å². The van der Waals surface area contributed by atoms with Gasteiger partial charge in [-0.2, -0.15) is 0 Å². The number of hydrogen-bond donors (Lipinski definition) is 1. The van der Waals surface area contributed by atoms with Crippen molar-refractivity contribution in [3.8, 4) is 0 Å². The molecule has 1 atom stereocenters. The van der Waals surface area contributed by atoms with Crippen molar-refractivity contribution in [2.45, 2.75) is 19.4 Å². The molecule has 0 spiro atoms. The first-order valence-electron chi connectivity index (χ1n) is 4.01. The zero-order chi connectivity index (χ0) is 8.27. The van der Waals surface area contributed by atoms with E-state index in [4.69, 9.17) is 0 Å². The molecule has 0 aromatic rings. The van der Waals surface area contributed by atoms with Crippen LogP contribution in [0.5, 0.6) is 0 Å². The summed E-state index contributed by atoms with van der Waals surface area (Å²) in [5, 5.41) is 3.37. The van der Waals surface area contributed by atoms with Crippen LogP contribution in [-0.4, -0.2) is 12.6 Å². The molecule has 1 unspecified atom stereocenters. The van der Waals surface area contributed by atoms with E-state index in [9.17, 15) is 0 Å². The lowest BCUT2D eigenvalue weighted by Crippen LogP contribution is -2.33. The molecule has 1 heteroatoms. The van der Waals surface area contributed by atoms with Crippen LogP contribution in [0.2, 0.25) is 0 Å². The predicted molar refractivity (Wildman–Crippen MR) is 49.5 cm³/mol. The molecule has 11 heavy (non-hydrogen) atoms. The van der Waals surface area contributed by atoms with Crippen LogP contribution in [0.15, 0.2) is 36.5 Å². The summed E-state index contributed by atoms with van der Waals surface area (Å²) in [7, 11) is 0. The van der Waals surface area contributed by atoms with Gasteiger partial charge in [0.1, 0.15) is 0 Å². The highest BCUT2D eigenvalue weighted by molar-refractivity contribution is 5.36. The first-order valence-corrected chi connectivity index (χ1v) is 4.01. The monoisotopic (exact) mass is 149 g/mol. The van der Waals surface area contributed by atoms with Crippen LogP contribution in [0.25, 0.3) is 0 Å². The molecule has 1 aliphatic heterocycles. The first-order chi connectivity index (χ1) is 5.29. The van der Waals surface area contributed by atoms with Crippen LogP contribution in [-0.2, 0) is 0 Å². The molecule has 0 saturated carbocycles. The van der Waals surface area contributed by atoms with Gasteiger partial charge in [0.15, 0.2) is 0 Å². The molecule has 60 valence electrons. The molecule has 0 fully saturated rings. The molecule has 1 nitrogen and oxygen atoms in total. The summed E-state index contributed by atoms with van der Waals surface area (Å²) in [6.45, 7) is 10.8. The van der Waals surface area contributed by atoms with E-state index in [2.05, 4.69) is 25.4 Å². The van der Waals surface area contributed by atoms with Gasteiger partial charge in [-0.05, 0) is 31.0 Å². The Bertz CT molecular complexity index is 201. The summed E-state index contributed by atoms with van der Waals surface area (Å²) in [5.41, 5.74) is 2.64.